The van der Waals surface area contributed by atoms with Crippen molar-refractivity contribution in [1.82, 2.24) is 9.97 Å². The predicted molar refractivity (Wildman–Crippen MR) is 62.2 cm³/mol. The van der Waals surface area contributed by atoms with Gasteiger partial charge in [-0.3, -0.25) is 0 Å². The van der Waals surface area contributed by atoms with Crippen LogP contribution in [0.2, 0.25) is 0 Å². The van der Waals surface area contributed by atoms with Crippen LogP contribution in [0.5, 0.6) is 0 Å². The van der Waals surface area contributed by atoms with Crippen molar-refractivity contribution >= 4 is 5.82 Å². The molecule has 0 saturated carbocycles. The van der Waals surface area contributed by atoms with Crippen molar-refractivity contribution in [3.8, 4) is 0 Å². The van der Waals surface area contributed by atoms with E-state index in [0.29, 0.717) is 12.4 Å². The highest BCUT2D eigenvalue weighted by molar-refractivity contribution is 5.36. The normalized spacial score (nSPS) is 11.5. The number of hydrogen-bond donors (Lipinski definition) is 2. The van der Waals surface area contributed by atoms with Crippen molar-refractivity contribution < 1.29 is 13.2 Å². The second-order valence-corrected chi connectivity index (χ2v) is 3.80. The third-order valence-electron chi connectivity index (χ3n) is 2.45. The van der Waals surface area contributed by atoms with Gasteiger partial charge in [0.15, 0.2) is 0 Å². The molecule has 96 valence electrons. The van der Waals surface area contributed by atoms with E-state index in [-0.39, 0.29) is 0 Å². The molecular weight excluding hydrogens is 243 g/mol. The van der Waals surface area contributed by atoms with Gasteiger partial charge in [-0.15, -0.1) is 0 Å². The number of aromatic amines is 1. The van der Waals surface area contributed by atoms with Gasteiger partial charge in [0.05, 0.1) is 5.56 Å². The molecule has 0 radical (unpaired) electrons. The van der Waals surface area contributed by atoms with E-state index in [4.69, 9.17) is 0 Å². The Kier molecular flexibility index (Phi) is 3.55. The van der Waals surface area contributed by atoms with E-state index in [1.807, 2.05) is 18.3 Å². The summed E-state index contributed by atoms with van der Waals surface area (Å²) in [7, 11) is 0. The molecular formula is C12H12F3N3. The zero-order valence-electron chi connectivity index (χ0n) is 9.46. The zero-order chi connectivity index (χ0) is 13.0. The van der Waals surface area contributed by atoms with E-state index in [1.54, 1.807) is 0 Å². The molecule has 2 aromatic heterocycles. The van der Waals surface area contributed by atoms with Gasteiger partial charge >= 0.3 is 6.18 Å². The summed E-state index contributed by atoms with van der Waals surface area (Å²) in [6, 6.07) is 6.19. The topological polar surface area (TPSA) is 40.7 Å². The van der Waals surface area contributed by atoms with Gasteiger partial charge < -0.3 is 10.3 Å². The van der Waals surface area contributed by atoms with Crippen LogP contribution in [0, 0.1) is 0 Å². The molecule has 2 aromatic rings. The van der Waals surface area contributed by atoms with Gasteiger partial charge in [-0.2, -0.15) is 13.2 Å². The second-order valence-electron chi connectivity index (χ2n) is 3.80. The van der Waals surface area contributed by atoms with E-state index in [2.05, 4.69) is 15.3 Å². The molecule has 2 heterocycles. The molecule has 0 aliphatic heterocycles. The number of aromatic nitrogens is 2. The number of hydrogen-bond acceptors (Lipinski definition) is 2. The maximum Gasteiger partial charge on any atom is 0.417 e. The first kappa shape index (κ1) is 12.5. The minimum absolute atomic E-state index is 0.439. The molecule has 0 bridgehead atoms. The van der Waals surface area contributed by atoms with E-state index in [1.165, 1.54) is 6.07 Å². The quantitative estimate of drug-likeness (QED) is 0.881. The Labute approximate surface area is 102 Å². The molecule has 0 unspecified atom stereocenters. The van der Waals surface area contributed by atoms with Gasteiger partial charge in [0.25, 0.3) is 0 Å². The Morgan fingerprint density at radius 2 is 2.06 bits per heavy atom. The zero-order valence-corrected chi connectivity index (χ0v) is 9.46. The van der Waals surface area contributed by atoms with Crippen molar-refractivity contribution in [2.24, 2.45) is 0 Å². The number of nitrogens with one attached hydrogen (secondary N) is 2. The van der Waals surface area contributed by atoms with E-state index in [0.717, 1.165) is 24.4 Å². The molecule has 0 amide bonds. The van der Waals surface area contributed by atoms with E-state index < -0.39 is 11.7 Å². The average Bonchev–Trinajstić information content (AvgIpc) is 2.82. The monoisotopic (exact) mass is 255 g/mol. The maximum absolute atomic E-state index is 12.3. The van der Waals surface area contributed by atoms with Crippen LogP contribution in [0.25, 0.3) is 0 Å². The van der Waals surface area contributed by atoms with Gasteiger partial charge in [-0.25, -0.2) is 4.98 Å². The Morgan fingerprint density at radius 3 is 2.61 bits per heavy atom. The van der Waals surface area contributed by atoms with Crippen LogP contribution < -0.4 is 5.32 Å². The van der Waals surface area contributed by atoms with Crippen molar-refractivity contribution in [2.45, 2.75) is 12.6 Å². The number of alkyl halides is 3. The van der Waals surface area contributed by atoms with Crippen LogP contribution in [0.15, 0.2) is 36.7 Å². The highest BCUT2D eigenvalue weighted by Gasteiger charge is 2.30. The Balaban J connectivity index is 1.87. The molecule has 0 saturated heterocycles. The number of halogens is 3. The summed E-state index contributed by atoms with van der Waals surface area (Å²) in [6.45, 7) is 0.610. The molecule has 0 fully saturated rings. The van der Waals surface area contributed by atoms with Crippen molar-refractivity contribution in [3.63, 3.8) is 0 Å². The predicted octanol–water partition coefficient (Wildman–Crippen LogP) is 3.08. The van der Waals surface area contributed by atoms with Gasteiger partial charge in [0.2, 0.25) is 0 Å². The summed E-state index contributed by atoms with van der Waals surface area (Å²) >= 11 is 0. The first-order valence-corrected chi connectivity index (χ1v) is 5.45. The summed E-state index contributed by atoms with van der Waals surface area (Å²) in [4.78, 5) is 6.77. The Hall–Kier alpha value is -1.98. The third kappa shape index (κ3) is 3.26. The second kappa shape index (κ2) is 5.12. The summed E-state index contributed by atoms with van der Waals surface area (Å²) in [5.41, 5.74) is 0.326. The van der Waals surface area contributed by atoms with Gasteiger partial charge in [0, 0.05) is 31.1 Å². The van der Waals surface area contributed by atoms with Crippen molar-refractivity contribution in [2.75, 3.05) is 11.9 Å². The van der Waals surface area contributed by atoms with Gasteiger partial charge in [-0.05, 0) is 24.3 Å². The van der Waals surface area contributed by atoms with Gasteiger partial charge in [-0.1, -0.05) is 0 Å². The lowest BCUT2D eigenvalue weighted by Gasteiger charge is -2.08. The van der Waals surface area contributed by atoms with Crippen LogP contribution in [0.4, 0.5) is 19.0 Å². The molecule has 0 spiro atoms. The third-order valence-corrected chi connectivity index (χ3v) is 2.45. The van der Waals surface area contributed by atoms with Crippen LogP contribution in [0.1, 0.15) is 11.3 Å². The van der Waals surface area contributed by atoms with Crippen LogP contribution in [0.3, 0.4) is 0 Å². The summed E-state index contributed by atoms with van der Waals surface area (Å²) in [5, 5.41) is 2.96. The average molecular weight is 255 g/mol. The molecule has 0 aromatic carbocycles. The largest absolute Gasteiger partial charge is 0.417 e. The first-order valence-electron chi connectivity index (χ1n) is 5.45. The molecule has 0 atom stereocenters. The number of rotatable bonds is 4. The minimum Gasteiger partial charge on any atom is -0.370 e. The summed E-state index contributed by atoms with van der Waals surface area (Å²) < 4.78 is 36.9. The number of pyridine rings is 1. The highest BCUT2D eigenvalue weighted by Crippen LogP contribution is 2.28. The molecule has 18 heavy (non-hydrogen) atoms. The van der Waals surface area contributed by atoms with Crippen molar-refractivity contribution in [1.29, 1.82) is 0 Å². The Morgan fingerprint density at radius 1 is 1.22 bits per heavy atom. The maximum atomic E-state index is 12.3. The van der Waals surface area contributed by atoms with Crippen LogP contribution in [-0.2, 0) is 12.6 Å². The lowest BCUT2D eigenvalue weighted by atomic mass is 10.2. The highest BCUT2D eigenvalue weighted by atomic mass is 19.4. The summed E-state index contributed by atoms with van der Waals surface area (Å²) in [5.74, 6) is 0.439. The lowest BCUT2D eigenvalue weighted by molar-refractivity contribution is -0.137. The van der Waals surface area contributed by atoms with Gasteiger partial charge in [0.1, 0.15) is 5.82 Å². The number of nitrogens with zero attached hydrogens (tertiary/aromatic N) is 1. The van der Waals surface area contributed by atoms with E-state index >= 15 is 0 Å². The molecule has 6 heteroatoms. The fraction of sp³-hybridized carbons (Fsp3) is 0.250. The smallest absolute Gasteiger partial charge is 0.370 e. The molecule has 0 aliphatic carbocycles. The summed E-state index contributed by atoms with van der Waals surface area (Å²) in [6.07, 6.45) is -0.922. The lowest BCUT2D eigenvalue weighted by Crippen LogP contribution is -2.09. The van der Waals surface area contributed by atoms with Crippen LogP contribution >= 0.6 is 0 Å². The molecule has 3 nitrogen and oxygen atoms in total. The molecule has 2 N–H and O–H groups in total. The molecule has 2 rings (SSSR count). The first-order chi connectivity index (χ1) is 8.55. The van der Waals surface area contributed by atoms with Crippen LogP contribution in [-0.4, -0.2) is 16.5 Å². The fourth-order valence-electron chi connectivity index (χ4n) is 1.51. The Bertz CT molecular complexity index is 474. The number of H-pyrrole nitrogens is 1. The standard InChI is InChI=1S/C12H12F3N3/c13-12(14,15)9-3-4-11(18-8-9)17-7-5-10-2-1-6-16-10/h1-4,6,8,16H,5,7H2,(H,17,18). The minimum atomic E-state index is -4.34. The van der Waals surface area contributed by atoms with Crippen molar-refractivity contribution in [3.05, 3.63) is 47.9 Å². The number of anilines is 1. The van der Waals surface area contributed by atoms with E-state index in [9.17, 15) is 13.2 Å². The molecule has 0 aliphatic rings. The SMILES string of the molecule is FC(F)(F)c1ccc(NCCc2ccc[nH]2)nc1. The fourth-order valence-corrected chi connectivity index (χ4v) is 1.51.